The zero-order chi connectivity index (χ0) is 13.7. The summed E-state index contributed by atoms with van der Waals surface area (Å²) < 4.78 is 5.23. The minimum atomic E-state index is -0.108. The monoisotopic (exact) mass is 252 g/mol. The molecule has 0 amide bonds. The lowest BCUT2D eigenvalue weighted by Gasteiger charge is -2.04. The molecule has 0 bridgehead atoms. The number of aromatic hydroxyl groups is 1. The van der Waals surface area contributed by atoms with Gasteiger partial charge in [0.1, 0.15) is 18.1 Å². The fourth-order valence-electron chi connectivity index (χ4n) is 1.61. The van der Waals surface area contributed by atoms with Crippen molar-refractivity contribution < 1.29 is 14.6 Å². The van der Waals surface area contributed by atoms with Crippen molar-refractivity contribution in [3.63, 3.8) is 0 Å². The molecule has 3 heteroatoms. The van der Waals surface area contributed by atoms with E-state index in [0.717, 1.165) is 0 Å². The average molecular weight is 252 g/mol. The average Bonchev–Trinajstić information content (AvgIpc) is 2.46. The van der Waals surface area contributed by atoms with Crippen molar-refractivity contribution in [2.75, 3.05) is 6.61 Å². The fourth-order valence-corrected chi connectivity index (χ4v) is 1.61. The van der Waals surface area contributed by atoms with E-state index in [1.807, 2.05) is 0 Å². The summed E-state index contributed by atoms with van der Waals surface area (Å²) in [5.41, 5.74) is 1.08. The highest BCUT2D eigenvalue weighted by molar-refractivity contribution is 6.09. The number of ether oxygens (including phenoxy) is 1. The van der Waals surface area contributed by atoms with E-state index in [1.54, 1.807) is 36.4 Å². The molecule has 0 spiro atoms. The normalized spacial score (nSPS) is 9.63. The van der Waals surface area contributed by atoms with Crippen LogP contribution in [0.2, 0.25) is 0 Å². The fraction of sp³-hybridized carbons (Fsp3) is 0.0625. The standard InChI is InChI=1S/C16H12O3/c1-2-11-19-15-9-5-13(6-10-15)16(18)12-3-7-14(17)8-4-12/h1,3-10,17H,11H2. The summed E-state index contributed by atoms with van der Waals surface area (Å²) in [6, 6.07) is 12.9. The van der Waals surface area contributed by atoms with Gasteiger partial charge in [0.15, 0.2) is 5.78 Å². The van der Waals surface area contributed by atoms with E-state index in [-0.39, 0.29) is 18.1 Å². The van der Waals surface area contributed by atoms with E-state index < -0.39 is 0 Å². The Morgan fingerprint density at radius 3 is 2.11 bits per heavy atom. The second-order valence-electron chi connectivity index (χ2n) is 3.89. The van der Waals surface area contributed by atoms with Gasteiger partial charge in [-0.05, 0) is 48.5 Å². The van der Waals surface area contributed by atoms with Gasteiger partial charge >= 0.3 is 0 Å². The van der Waals surface area contributed by atoms with Gasteiger partial charge in [-0.3, -0.25) is 4.79 Å². The Morgan fingerprint density at radius 1 is 1.05 bits per heavy atom. The van der Waals surface area contributed by atoms with Crippen LogP contribution < -0.4 is 4.74 Å². The molecule has 0 aliphatic carbocycles. The van der Waals surface area contributed by atoms with Crippen molar-refractivity contribution in [3.05, 3.63) is 59.7 Å². The van der Waals surface area contributed by atoms with Crippen LogP contribution in [-0.4, -0.2) is 17.5 Å². The van der Waals surface area contributed by atoms with Crippen LogP contribution in [0.3, 0.4) is 0 Å². The van der Waals surface area contributed by atoms with Crippen LogP contribution in [0.5, 0.6) is 11.5 Å². The van der Waals surface area contributed by atoms with Gasteiger partial charge in [-0.25, -0.2) is 0 Å². The number of benzene rings is 2. The first-order valence-corrected chi connectivity index (χ1v) is 5.71. The van der Waals surface area contributed by atoms with E-state index in [4.69, 9.17) is 11.2 Å². The lowest BCUT2D eigenvalue weighted by molar-refractivity contribution is 0.103. The number of rotatable bonds is 4. The molecule has 0 aliphatic heterocycles. The molecule has 0 aromatic heterocycles. The Bertz CT molecular complexity index is 604. The molecule has 0 unspecified atom stereocenters. The topological polar surface area (TPSA) is 46.5 Å². The van der Waals surface area contributed by atoms with Gasteiger partial charge < -0.3 is 9.84 Å². The largest absolute Gasteiger partial charge is 0.508 e. The van der Waals surface area contributed by atoms with Gasteiger partial charge in [0, 0.05) is 11.1 Å². The lowest BCUT2D eigenvalue weighted by atomic mass is 10.0. The second-order valence-corrected chi connectivity index (χ2v) is 3.89. The molecular weight excluding hydrogens is 240 g/mol. The first kappa shape index (κ1) is 12.7. The third-order valence-electron chi connectivity index (χ3n) is 2.57. The summed E-state index contributed by atoms with van der Waals surface area (Å²) in [6.45, 7) is 0.200. The minimum Gasteiger partial charge on any atom is -0.508 e. The number of hydrogen-bond donors (Lipinski definition) is 1. The highest BCUT2D eigenvalue weighted by Crippen LogP contribution is 2.17. The van der Waals surface area contributed by atoms with Crippen molar-refractivity contribution in [1.82, 2.24) is 0 Å². The van der Waals surface area contributed by atoms with Crippen LogP contribution in [0.25, 0.3) is 0 Å². The number of carbonyl (C=O) groups is 1. The summed E-state index contributed by atoms with van der Waals surface area (Å²) in [7, 11) is 0. The Morgan fingerprint density at radius 2 is 1.58 bits per heavy atom. The molecule has 2 rings (SSSR count). The minimum absolute atomic E-state index is 0.108. The molecule has 0 saturated carbocycles. The summed E-state index contributed by atoms with van der Waals surface area (Å²) in [5.74, 6) is 3.02. The first-order chi connectivity index (χ1) is 9.20. The number of terminal acetylenes is 1. The van der Waals surface area contributed by atoms with Crippen molar-refractivity contribution >= 4 is 5.78 Å². The van der Waals surface area contributed by atoms with Gasteiger partial charge in [-0.15, -0.1) is 6.42 Å². The Hall–Kier alpha value is -2.73. The lowest BCUT2D eigenvalue weighted by Crippen LogP contribution is -2.01. The zero-order valence-electron chi connectivity index (χ0n) is 10.2. The van der Waals surface area contributed by atoms with Crippen LogP contribution in [0.1, 0.15) is 15.9 Å². The Labute approximate surface area is 111 Å². The smallest absolute Gasteiger partial charge is 0.193 e. The second kappa shape index (κ2) is 5.74. The van der Waals surface area contributed by atoms with Crippen LogP contribution >= 0.6 is 0 Å². The molecule has 2 aromatic rings. The number of carbonyl (C=O) groups excluding carboxylic acids is 1. The molecule has 2 aromatic carbocycles. The SMILES string of the molecule is C#CCOc1ccc(C(=O)c2ccc(O)cc2)cc1. The maximum absolute atomic E-state index is 12.1. The first-order valence-electron chi connectivity index (χ1n) is 5.71. The molecule has 0 atom stereocenters. The van der Waals surface area contributed by atoms with Gasteiger partial charge in [0.05, 0.1) is 0 Å². The summed E-state index contributed by atoms with van der Waals surface area (Å²) in [4.78, 5) is 12.1. The molecule has 1 N–H and O–H groups in total. The van der Waals surface area contributed by atoms with E-state index in [2.05, 4.69) is 5.92 Å². The zero-order valence-corrected chi connectivity index (χ0v) is 10.2. The number of phenolic OH excluding ortho intramolecular Hbond substituents is 1. The van der Waals surface area contributed by atoms with Crippen LogP contribution in [0, 0.1) is 12.3 Å². The quantitative estimate of drug-likeness (QED) is 0.672. The Balaban J connectivity index is 2.16. The van der Waals surface area contributed by atoms with Gasteiger partial charge in [0.25, 0.3) is 0 Å². The van der Waals surface area contributed by atoms with E-state index in [1.165, 1.54) is 12.1 Å². The molecule has 0 fully saturated rings. The van der Waals surface area contributed by atoms with Crippen molar-refractivity contribution in [3.8, 4) is 23.8 Å². The van der Waals surface area contributed by atoms with Crippen LogP contribution in [-0.2, 0) is 0 Å². The van der Waals surface area contributed by atoms with Crippen molar-refractivity contribution in [2.24, 2.45) is 0 Å². The number of ketones is 1. The predicted octanol–water partition coefficient (Wildman–Crippen LogP) is 2.64. The number of phenols is 1. The summed E-state index contributed by atoms with van der Waals surface area (Å²) in [5, 5.41) is 9.18. The third-order valence-corrected chi connectivity index (χ3v) is 2.57. The molecule has 0 radical (unpaired) electrons. The maximum atomic E-state index is 12.1. The van der Waals surface area contributed by atoms with Gasteiger partial charge in [-0.2, -0.15) is 0 Å². The van der Waals surface area contributed by atoms with Crippen molar-refractivity contribution in [2.45, 2.75) is 0 Å². The molecule has 94 valence electrons. The highest BCUT2D eigenvalue weighted by Gasteiger charge is 2.08. The van der Waals surface area contributed by atoms with Gasteiger partial charge in [0.2, 0.25) is 0 Å². The highest BCUT2D eigenvalue weighted by atomic mass is 16.5. The van der Waals surface area contributed by atoms with Crippen LogP contribution in [0.4, 0.5) is 0 Å². The van der Waals surface area contributed by atoms with E-state index in [9.17, 15) is 9.90 Å². The molecular formula is C16H12O3. The molecule has 19 heavy (non-hydrogen) atoms. The van der Waals surface area contributed by atoms with Crippen LogP contribution in [0.15, 0.2) is 48.5 Å². The molecule has 0 saturated heterocycles. The number of hydrogen-bond acceptors (Lipinski definition) is 3. The van der Waals surface area contributed by atoms with E-state index in [0.29, 0.717) is 16.9 Å². The van der Waals surface area contributed by atoms with Gasteiger partial charge in [-0.1, -0.05) is 5.92 Å². The molecule has 3 nitrogen and oxygen atoms in total. The summed E-state index contributed by atoms with van der Waals surface area (Å²) in [6.07, 6.45) is 5.09. The predicted molar refractivity (Wildman–Crippen MR) is 72.3 cm³/mol. The maximum Gasteiger partial charge on any atom is 0.193 e. The van der Waals surface area contributed by atoms with E-state index >= 15 is 0 Å². The molecule has 0 heterocycles. The third kappa shape index (κ3) is 3.14. The van der Waals surface area contributed by atoms with Crippen molar-refractivity contribution in [1.29, 1.82) is 0 Å². The molecule has 0 aliphatic rings. The summed E-state index contributed by atoms with van der Waals surface area (Å²) >= 11 is 0. The Kier molecular flexibility index (Phi) is 3.84.